The Hall–Kier alpha value is -5.29. The van der Waals surface area contributed by atoms with Crippen LogP contribution in [0.15, 0.2) is 97.2 Å². The lowest BCUT2D eigenvalue weighted by Gasteiger charge is -2.29. The third-order valence-electron chi connectivity index (χ3n) is 8.81. The molecular formula is C42H53N5O6. The van der Waals surface area contributed by atoms with E-state index < -0.39 is 42.1 Å². The summed E-state index contributed by atoms with van der Waals surface area (Å²) in [7, 11) is 0. The smallest absolute Gasteiger partial charge is 0.408 e. The Morgan fingerprint density at radius 3 is 2.13 bits per heavy atom. The number of amides is 4. The van der Waals surface area contributed by atoms with Crippen LogP contribution in [-0.2, 0) is 38.6 Å². The number of carbonyl (C=O) groups excluding carboxylic acids is 4. The minimum atomic E-state index is -1.16. The number of hydrogen-bond acceptors (Lipinski definition) is 7. The zero-order valence-corrected chi connectivity index (χ0v) is 31.1. The summed E-state index contributed by atoms with van der Waals surface area (Å²) in [6.45, 7) is 8.19. The van der Waals surface area contributed by atoms with Gasteiger partial charge in [0.05, 0.1) is 18.6 Å². The number of aliphatic hydroxyl groups excluding tert-OH is 1. The average Bonchev–Trinajstić information content (AvgIpc) is 3.13. The largest absolute Gasteiger partial charge is 0.445 e. The molecule has 0 bridgehead atoms. The fourth-order valence-corrected chi connectivity index (χ4v) is 6.17. The van der Waals surface area contributed by atoms with Crippen LogP contribution in [0.2, 0.25) is 0 Å². The van der Waals surface area contributed by atoms with Gasteiger partial charge in [-0.15, -0.1) is 0 Å². The molecule has 5 N–H and O–H groups in total. The van der Waals surface area contributed by atoms with Crippen molar-refractivity contribution in [3.63, 3.8) is 0 Å². The van der Waals surface area contributed by atoms with Crippen molar-refractivity contribution >= 4 is 34.6 Å². The molecule has 0 fully saturated rings. The molecule has 0 radical (unpaired) electrons. The number of aromatic nitrogens is 1. The number of rotatable bonds is 19. The molecule has 3 aromatic carbocycles. The van der Waals surface area contributed by atoms with E-state index in [-0.39, 0.29) is 37.2 Å². The zero-order chi connectivity index (χ0) is 38.2. The van der Waals surface area contributed by atoms with Crippen LogP contribution in [0.4, 0.5) is 4.79 Å². The lowest BCUT2D eigenvalue weighted by atomic mass is 9.95. The summed E-state index contributed by atoms with van der Waals surface area (Å²) in [5.41, 5.74) is 2.48. The Balaban J connectivity index is 1.46. The summed E-state index contributed by atoms with van der Waals surface area (Å²) < 4.78 is 5.47. The van der Waals surface area contributed by atoms with E-state index in [1.807, 2.05) is 119 Å². The number of alkyl carbamates (subject to hydrolysis) is 1. The Morgan fingerprint density at radius 1 is 0.736 bits per heavy atom. The first kappa shape index (κ1) is 40.5. The van der Waals surface area contributed by atoms with Gasteiger partial charge in [0.1, 0.15) is 18.7 Å². The summed E-state index contributed by atoms with van der Waals surface area (Å²) in [5, 5.41) is 24.5. The van der Waals surface area contributed by atoms with E-state index in [4.69, 9.17) is 4.74 Å². The minimum Gasteiger partial charge on any atom is -0.445 e. The Labute approximate surface area is 312 Å². The van der Waals surface area contributed by atoms with E-state index in [0.29, 0.717) is 25.8 Å². The lowest BCUT2D eigenvalue weighted by molar-refractivity contribution is -0.131. The number of pyridine rings is 1. The highest BCUT2D eigenvalue weighted by Gasteiger charge is 2.32. The number of fused-ring (bicyclic) bond motifs is 1. The number of ether oxygens (including phenoxy) is 1. The second-order valence-corrected chi connectivity index (χ2v) is 14.2. The molecule has 0 saturated carbocycles. The molecular weight excluding hydrogens is 670 g/mol. The van der Waals surface area contributed by atoms with E-state index >= 15 is 0 Å². The molecule has 0 spiro atoms. The second kappa shape index (κ2) is 20.7. The number of benzene rings is 3. The highest BCUT2D eigenvalue weighted by Crippen LogP contribution is 2.20. The summed E-state index contributed by atoms with van der Waals surface area (Å²) in [5.74, 6) is -1.27. The summed E-state index contributed by atoms with van der Waals surface area (Å²) >= 11 is 0. The number of hydrogen-bond donors (Lipinski definition) is 5. The van der Waals surface area contributed by atoms with Crippen molar-refractivity contribution in [1.82, 2.24) is 26.3 Å². The molecule has 11 heteroatoms. The van der Waals surface area contributed by atoms with Crippen LogP contribution >= 0.6 is 0 Å². The molecule has 0 aliphatic heterocycles. The number of nitrogens with zero attached hydrogens (tertiary/aromatic N) is 1. The van der Waals surface area contributed by atoms with Crippen LogP contribution in [0, 0.1) is 11.8 Å². The van der Waals surface area contributed by atoms with Gasteiger partial charge in [-0.1, -0.05) is 107 Å². The van der Waals surface area contributed by atoms with Gasteiger partial charge in [-0.3, -0.25) is 19.4 Å². The Kier molecular flexibility index (Phi) is 15.8. The predicted molar refractivity (Wildman–Crippen MR) is 206 cm³/mol. The maximum absolute atomic E-state index is 14.1. The molecule has 1 aromatic heterocycles. The topological polar surface area (TPSA) is 159 Å². The van der Waals surface area contributed by atoms with Crippen LogP contribution in [0.25, 0.3) is 10.8 Å². The van der Waals surface area contributed by atoms with Gasteiger partial charge in [0.25, 0.3) is 0 Å². The highest BCUT2D eigenvalue weighted by atomic mass is 16.5. The monoisotopic (exact) mass is 723 g/mol. The molecule has 0 aliphatic rings. The Bertz CT molecular complexity index is 1760. The van der Waals surface area contributed by atoms with Gasteiger partial charge < -0.3 is 31.1 Å². The molecule has 0 saturated heterocycles. The molecule has 0 aliphatic carbocycles. The molecule has 282 valence electrons. The summed E-state index contributed by atoms with van der Waals surface area (Å²) in [6.07, 6.45) is 0.968. The standard InChI is InChI=1S/C42H53N5O6/c1-28(2)23-35(38(48)26-39(49)44-22-20-33-18-10-11-21-43-33)45-40(50)36(24-29(3)4)46-41(51)37(47-42(52)53-27-30-13-6-5-7-14-30)25-32-17-12-16-31-15-8-9-19-34(31)32/h5-19,21,28-29,35-38,48H,20,22-27H2,1-4H3,(H,44,49)(H,45,50)(H,46,51)(H,47,52)/t35-,36-,37-,38-/m0/s1. The zero-order valence-electron chi connectivity index (χ0n) is 31.1. The highest BCUT2D eigenvalue weighted by molar-refractivity contribution is 5.92. The first-order valence-corrected chi connectivity index (χ1v) is 18.4. The third kappa shape index (κ3) is 13.6. The molecule has 53 heavy (non-hydrogen) atoms. The van der Waals surface area contributed by atoms with Crippen molar-refractivity contribution in [2.45, 2.75) is 90.6 Å². The fraction of sp³-hybridized carbons (Fsp3) is 0.405. The average molecular weight is 724 g/mol. The van der Waals surface area contributed by atoms with Crippen molar-refractivity contribution in [2.75, 3.05) is 6.54 Å². The quantitative estimate of drug-likeness (QED) is 0.0885. The van der Waals surface area contributed by atoms with Crippen LogP contribution in [0.3, 0.4) is 0 Å². The van der Waals surface area contributed by atoms with E-state index in [9.17, 15) is 24.3 Å². The van der Waals surface area contributed by atoms with Crippen molar-refractivity contribution in [3.05, 3.63) is 114 Å². The molecule has 0 unspecified atom stereocenters. The molecule has 1 heterocycles. The summed E-state index contributed by atoms with van der Waals surface area (Å²) in [4.78, 5) is 58.1. The normalized spacial score (nSPS) is 13.5. The molecule has 4 aromatic rings. The van der Waals surface area contributed by atoms with Crippen molar-refractivity contribution in [1.29, 1.82) is 0 Å². The van der Waals surface area contributed by atoms with E-state index in [1.54, 1.807) is 6.20 Å². The number of aliphatic hydroxyl groups is 1. The lowest BCUT2D eigenvalue weighted by Crippen LogP contribution is -2.57. The molecule has 4 rings (SSSR count). The van der Waals surface area contributed by atoms with Gasteiger partial charge in [0.15, 0.2) is 0 Å². The first-order valence-electron chi connectivity index (χ1n) is 18.4. The van der Waals surface area contributed by atoms with Gasteiger partial charge >= 0.3 is 6.09 Å². The number of nitrogens with one attached hydrogen (secondary N) is 4. The van der Waals surface area contributed by atoms with Crippen molar-refractivity contribution in [3.8, 4) is 0 Å². The first-order chi connectivity index (χ1) is 25.5. The van der Waals surface area contributed by atoms with Gasteiger partial charge in [-0.2, -0.15) is 0 Å². The van der Waals surface area contributed by atoms with E-state index in [0.717, 1.165) is 27.6 Å². The third-order valence-corrected chi connectivity index (χ3v) is 8.81. The van der Waals surface area contributed by atoms with Crippen LogP contribution in [-0.4, -0.2) is 64.7 Å². The van der Waals surface area contributed by atoms with Gasteiger partial charge in [0.2, 0.25) is 17.7 Å². The van der Waals surface area contributed by atoms with Crippen LogP contribution in [0.1, 0.15) is 63.8 Å². The second-order valence-electron chi connectivity index (χ2n) is 14.2. The van der Waals surface area contributed by atoms with Gasteiger partial charge in [-0.25, -0.2) is 4.79 Å². The van der Waals surface area contributed by atoms with Crippen LogP contribution in [0.5, 0.6) is 0 Å². The fourth-order valence-electron chi connectivity index (χ4n) is 6.17. The van der Waals surface area contributed by atoms with Crippen molar-refractivity contribution < 1.29 is 29.0 Å². The predicted octanol–water partition coefficient (Wildman–Crippen LogP) is 5.24. The maximum Gasteiger partial charge on any atom is 0.408 e. The number of carbonyl (C=O) groups is 4. The van der Waals surface area contributed by atoms with E-state index in [1.165, 1.54) is 0 Å². The van der Waals surface area contributed by atoms with Crippen LogP contribution < -0.4 is 21.3 Å². The SMILES string of the molecule is CC(C)C[C@H](NC(=O)[C@H](Cc1cccc2ccccc12)NC(=O)OCc1ccccc1)C(=O)N[C@@H](CC(C)C)[C@@H](O)CC(=O)NCCc1ccccn1. The molecule has 4 atom stereocenters. The van der Waals surface area contributed by atoms with Gasteiger partial charge in [-0.05, 0) is 58.7 Å². The minimum absolute atomic E-state index is 0.0183. The maximum atomic E-state index is 14.1. The van der Waals surface area contributed by atoms with E-state index in [2.05, 4.69) is 26.3 Å². The van der Waals surface area contributed by atoms with Crippen molar-refractivity contribution in [2.24, 2.45) is 11.8 Å². The van der Waals surface area contributed by atoms with Gasteiger partial charge in [0, 0.05) is 31.3 Å². The molecule has 4 amide bonds. The molecule has 11 nitrogen and oxygen atoms in total. The Morgan fingerprint density at radius 2 is 1.42 bits per heavy atom. The summed E-state index contributed by atoms with van der Waals surface area (Å²) in [6, 6.07) is 25.6.